The number of aliphatic hydroxyl groups is 1. The van der Waals surface area contributed by atoms with Gasteiger partial charge in [-0.3, -0.25) is 0 Å². The quantitative estimate of drug-likeness (QED) is 0.594. The summed E-state index contributed by atoms with van der Waals surface area (Å²) < 4.78 is 0. The number of hydrogen-bond donors (Lipinski definition) is 1. The van der Waals surface area contributed by atoms with E-state index < -0.39 is 0 Å². The zero-order valence-corrected chi connectivity index (χ0v) is 5.09. The summed E-state index contributed by atoms with van der Waals surface area (Å²) in [5.41, 5.74) is 0. The molecule has 8 heavy (non-hydrogen) atoms. The van der Waals surface area contributed by atoms with Crippen LogP contribution in [0.2, 0.25) is 0 Å². The monoisotopic (exact) mass is 113 g/mol. The number of nitrogens with zero attached hydrogens (tertiary/aromatic N) is 1. The molecule has 0 aromatic rings. The van der Waals surface area contributed by atoms with Crippen molar-refractivity contribution >= 4 is 0 Å². The van der Waals surface area contributed by atoms with E-state index in [-0.39, 0.29) is 6.10 Å². The minimum Gasteiger partial charge on any atom is -0.393 e. The second-order valence-electron chi connectivity index (χ2n) is 1.76. The summed E-state index contributed by atoms with van der Waals surface area (Å²) in [7, 11) is 0. The van der Waals surface area contributed by atoms with Crippen LogP contribution in [-0.2, 0) is 0 Å². The average molecular weight is 113 g/mol. The number of hydrogen-bond acceptors (Lipinski definition) is 2. The third kappa shape index (κ3) is 3.63. The van der Waals surface area contributed by atoms with E-state index in [2.05, 4.69) is 0 Å². The second-order valence-corrected chi connectivity index (χ2v) is 1.76. The molecule has 0 aromatic heterocycles. The molecule has 0 saturated carbocycles. The Kier molecular flexibility index (Phi) is 4.29. The maximum absolute atomic E-state index is 8.84. The van der Waals surface area contributed by atoms with Crippen molar-refractivity contribution in [3.8, 4) is 6.07 Å². The van der Waals surface area contributed by atoms with Crippen LogP contribution in [0.15, 0.2) is 0 Å². The van der Waals surface area contributed by atoms with Crippen molar-refractivity contribution in [2.45, 2.75) is 32.3 Å². The van der Waals surface area contributed by atoms with Crippen molar-refractivity contribution in [2.75, 3.05) is 0 Å². The summed E-state index contributed by atoms with van der Waals surface area (Å²) in [6.07, 6.45) is 1.57. The van der Waals surface area contributed by atoms with E-state index in [1.807, 2.05) is 13.0 Å². The molecule has 0 fully saturated rings. The Labute approximate surface area is 49.8 Å². The lowest BCUT2D eigenvalue weighted by Gasteiger charge is -2.00. The smallest absolute Gasteiger partial charge is 0.0622 e. The largest absolute Gasteiger partial charge is 0.393 e. The van der Waals surface area contributed by atoms with Crippen LogP contribution in [0.5, 0.6) is 0 Å². The van der Waals surface area contributed by atoms with Crippen molar-refractivity contribution < 1.29 is 5.11 Å². The molecule has 0 radical (unpaired) electrons. The molecule has 0 bridgehead atoms. The fourth-order valence-electron chi connectivity index (χ4n) is 0.435. The highest BCUT2D eigenvalue weighted by Crippen LogP contribution is 1.98. The Morgan fingerprint density at radius 3 is 2.75 bits per heavy atom. The first-order valence-corrected chi connectivity index (χ1v) is 2.86. The molecule has 46 valence electrons. The van der Waals surface area contributed by atoms with Gasteiger partial charge in [-0.2, -0.15) is 5.26 Å². The van der Waals surface area contributed by atoms with Gasteiger partial charge >= 0.3 is 0 Å². The van der Waals surface area contributed by atoms with E-state index in [0.29, 0.717) is 12.8 Å². The molecule has 2 heteroatoms. The predicted octanol–water partition coefficient (Wildman–Crippen LogP) is 1.06. The SMILES string of the molecule is CCC(O)CCC#N. The first kappa shape index (κ1) is 7.45. The molecule has 0 amide bonds. The Balaban J connectivity index is 3.01. The van der Waals surface area contributed by atoms with Gasteiger partial charge in [0.15, 0.2) is 0 Å². The van der Waals surface area contributed by atoms with Gasteiger partial charge in [0.05, 0.1) is 12.2 Å². The molecule has 0 heterocycles. The number of nitriles is 1. The molecule has 1 N–H and O–H groups in total. The van der Waals surface area contributed by atoms with Crippen LogP contribution in [0.4, 0.5) is 0 Å². The van der Waals surface area contributed by atoms with Gasteiger partial charge in [0.25, 0.3) is 0 Å². The topological polar surface area (TPSA) is 44.0 Å². The fraction of sp³-hybridized carbons (Fsp3) is 0.833. The minimum absolute atomic E-state index is 0.269. The van der Waals surface area contributed by atoms with Gasteiger partial charge in [-0.05, 0) is 12.8 Å². The van der Waals surface area contributed by atoms with Gasteiger partial charge in [0.1, 0.15) is 0 Å². The zero-order chi connectivity index (χ0) is 6.41. The van der Waals surface area contributed by atoms with E-state index >= 15 is 0 Å². The number of rotatable bonds is 3. The van der Waals surface area contributed by atoms with Crippen LogP contribution < -0.4 is 0 Å². The molecule has 1 atom stereocenters. The maximum Gasteiger partial charge on any atom is 0.0622 e. The summed E-state index contributed by atoms with van der Waals surface area (Å²) in [5.74, 6) is 0. The Hall–Kier alpha value is -0.550. The predicted molar refractivity (Wildman–Crippen MR) is 31.1 cm³/mol. The van der Waals surface area contributed by atoms with Crippen LogP contribution in [0.25, 0.3) is 0 Å². The first-order chi connectivity index (χ1) is 3.81. The van der Waals surface area contributed by atoms with Gasteiger partial charge in [-0.25, -0.2) is 0 Å². The van der Waals surface area contributed by atoms with E-state index in [1.54, 1.807) is 0 Å². The highest BCUT2D eigenvalue weighted by molar-refractivity contribution is 4.70. The molecule has 0 rings (SSSR count). The molecule has 1 unspecified atom stereocenters. The van der Waals surface area contributed by atoms with Gasteiger partial charge in [0, 0.05) is 6.42 Å². The van der Waals surface area contributed by atoms with E-state index in [1.165, 1.54) is 0 Å². The second kappa shape index (κ2) is 4.61. The summed E-state index contributed by atoms with van der Waals surface area (Å²) in [5, 5.41) is 16.9. The van der Waals surface area contributed by atoms with Crippen molar-refractivity contribution in [1.29, 1.82) is 5.26 Å². The summed E-state index contributed by atoms with van der Waals surface area (Å²) >= 11 is 0. The van der Waals surface area contributed by atoms with Crippen LogP contribution in [0.1, 0.15) is 26.2 Å². The fourth-order valence-corrected chi connectivity index (χ4v) is 0.435. The van der Waals surface area contributed by atoms with Gasteiger partial charge in [0.2, 0.25) is 0 Å². The maximum atomic E-state index is 8.84. The number of aliphatic hydroxyl groups excluding tert-OH is 1. The van der Waals surface area contributed by atoms with Crippen molar-refractivity contribution in [3.05, 3.63) is 0 Å². The Morgan fingerprint density at radius 2 is 2.38 bits per heavy atom. The van der Waals surface area contributed by atoms with Crippen molar-refractivity contribution in [1.82, 2.24) is 0 Å². The lowest BCUT2D eigenvalue weighted by atomic mass is 10.2. The third-order valence-electron chi connectivity index (χ3n) is 1.06. The van der Waals surface area contributed by atoms with Crippen LogP contribution in [0, 0.1) is 11.3 Å². The molecule has 0 spiro atoms. The van der Waals surface area contributed by atoms with Crippen LogP contribution >= 0.6 is 0 Å². The van der Waals surface area contributed by atoms with Crippen molar-refractivity contribution in [3.63, 3.8) is 0 Å². The summed E-state index contributed by atoms with van der Waals surface area (Å²) in [6, 6.07) is 1.97. The summed E-state index contributed by atoms with van der Waals surface area (Å²) in [4.78, 5) is 0. The highest BCUT2D eigenvalue weighted by Gasteiger charge is 1.96. The van der Waals surface area contributed by atoms with Crippen LogP contribution in [0.3, 0.4) is 0 Å². The van der Waals surface area contributed by atoms with Crippen LogP contribution in [-0.4, -0.2) is 11.2 Å². The normalized spacial score (nSPS) is 12.6. The first-order valence-electron chi connectivity index (χ1n) is 2.86. The van der Waals surface area contributed by atoms with Gasteiger partial charge < -0.3 is 5.11 Å². The summed E-state index contributed by atoms with van der Waals surface area (Å²) in [6.45, 7) is 1.90. The molecule has 2 nitrogen and oxygen atoms in total. The Bertz CT molecular complexity index is 85.0. The van der Waals surface area contributed by atoms with Gasteiger partial charge in [-0.15, -0.1) is 0 Å². The van der Waals surface area contributed by atoms with E-state index in [0.717, 1.165) is 6.42 Å². The third-order valence-corrected chi connectivity index (χ3v) is 1.06. The van der Waals surface area contributed by atoms with E-state index in [4.69, 9.17) is 10.4 Å². The Morgan fingerprint density at radius 1 is 1.75 bits per heavy atom. The molecule has 0 aliphatic carbocycles. The van der Waals surface area contributed by atoms with Gasteiger partial charge in [-0.1, -0.05) is 6.92 Å². The lowest BCUT2D eigenvalue weighted by molar-refractivity contribution is 0.162. The standard InChI is InChI=1S/C6H11NO/c1-2-6(8)4-3-5-7/h6,8H,2-4H2,1H3. The molecular formula is C6H11NO. The van der Waals surface area contributed by atoms with Crippen molar-refractivity contribution in [2.24, 2.45) is 0 Å². The molecule has 0 aliphatic heterocycles. The minimum atomic E-state index is -0.269. The molecule has 0 saturated heterocycles. The average Bonchev–Trinajstić information content (AvgIpc) is 1.83. The highest BCUT2D eigenvalue weighted by atomic mass is 16.3. The molecule has 0 aliphatic rings. The lowest BCUT2D eigenvalue weighted by Crippen LogP contribution is -2.02. The zero-order valence-electron chi connectivity index (χ0n) is 5.09. The molecular weight excluding hydrogens is 102 g/mol. The molecule has 0 aromatic carbocycles. The van der Waals surface area contributed by atoms with E-state index in [9.17, 15) is 0 Å².